The molecule has 3 fully saturated rings. The van der Waals surface area contributed by atoms with Gasteiger partial charge in [-0.05, 0) is 38.5 Å². The van der Waals surface area contributed by atoms with E-state index in [1.807, 2.05) is 0 Å². The van der Waals surface area contributed by atoms with Crippen LogP contribution in [0.25, 0.3) is 0 Å². The Morgan fingerprint density at radius 1 is 1.17 bits per heavy atom. The lowest BCUT2D eigenvalue weighted by molar-refractivity contribution is 0.0309. The third-order valence-electron chi connectivity index (χ3n) is 4.96. The number of nitrogens with one attached hydrogen (secondary N) is 1. The Hall–Kier alpha value is -1.63. The summed E-state index contributed by atoms with van der Waals surface area (Å²) in [5.41, 5.74) is 5.96. The maximum Gasteiger partial charge on any atom is 0.255 e. The Kier molecular flexibility index (Phi) is 4.20. The van der Waals surface area contributed by atoms with Crippen molar-refractivity contribution in [2.24, 2.45) is 10.7 Å². The third kappa shape index (κ3) is 3.65. The number of ether oxygens (including phenoxy) is 1. The van der Waals surface area contributed by atoms with Gasteiger partial charge in [0.1, 0.15) is 6.10 Å². The van der Waals surface area contributed by atoms with E-state index in [9.17, 15) is 0 Å². The molecule has 4 rings (SSSR count). The Morgan fingerprint density at radius 3 is 2.78 bits per heavy atom. The smallest absolute Gasteiger partial charge is 0.255 e. The summed E-state index contributed by atoms with van der Waals surface area (Å²) in [4.78, 5) is 8.91. The first-order valence-corrected chi connectivity index (χ1v) is 8.83. The van der Waals surface area contributed by atoms with Crippen molar-refractivity contribution in [1.82, 2.24) is 15.5 Å². The number of rotatable bonds is 5. The van der Waals surface area contributed by atoms with Gasteiger partial charge in [0, 0.05) is 12.0 Å². The maximum absolute atomic E-state index is 5.99. The minimum atomic E-state index is -0.0841. The van der Waals surface area contributed by atoms with Crippen molar-refractivity contribution in [1.29, 1.82) is 0 Å². The Bertz CT molecular complexity index is 563. The number of nitrogens with two attached hydrogens (primary N) is 1. The average Bonchev–Trinajstić information content (AvgIpc) is 3.00. The normalized spacial score (nSPS) is 29.3. The van der Waals surface area contributed by atoms with Gasteiger partial charge >= 0.3 is 0 Å². The van der Waals surface area contributed by atoms with Crippen LogP contribution in [-0.2, 0) is 4.74 Å². The second-order valence-corrected chi connectivity index (χ2v) is 6.94. The third-order valence-corrected chi connectivity index (χ3v) is 4.96. The molecule has 0 aromatic carbocycles. The first kappa shape index (κ1) is 14.9. The molecule has 126 valence electrons. The van der Waals surface area contributed by atoms with Crippen molar-refractivity contribution in [2.45, 2.75) is 75.5 Å². The summed E-state index contributed by atoms with van der Waals surface area (Å²) in [5.74, 6) is 2.51. The van der Waals surface area contributed by atoms with E-state index in [-0.39, 0.29) is 12.2 Å². The molecule has 7 nitrogen and oxygen atoms in total. The fourth-order valence-corrected chi connectivity index (χ4v) is 3.43. The molecular weight excluding hydrogens is 294 g/mol. The molecule has 1 aromatic heterocycles. The van der Waals surface area contributed by atoms with E-state index in [4.69, 9.17) is 15.0 Å². The number of aromatic nitrogens is 2. The quantitative estimate of drug-likeness (QED) is 0.636. The van der Waals surface area contributed by atoms with Crippen molar-refractivity contribution < 1.29 is 9.26 Å². The summed E-state index contributed by atoms with van der Waals surface area (Å²) in [6.45, 7) is 0.589. The predicted octanol–water partition coefficient (Wildman–Crippen LogP) is 2.01. The molecule has 2 atom stereocenters. The van der Waals surface area contributed by atoms with Gasteiger partial charge < -0.3 is 20.3 Å². The zero-order valence-corrected chi connectivity index (χ0v) is 13.4. The molecule has 2 saturated carbocycles. The molecule has 3 N–H and O–H groups in total. The molecule has 0 radical (unpaired) electrons. The number of guanidine groups is 1. The summed E-state index contributed by atoms with van der Waals surface area (Å²) in [7, 11) is 0. The molecule has 7 heteroatoms. The molecule has 1 aromatic rings. The van der Waals surface area contributed by atoms with Crippen LogP contribution in [0.5, 0.6) is 0 Å². The topological polar surface area (TPSA) is 98.6 Å². The fraction of sp³-hybridized carbons (Fsp3) is 0.812. The predicted molar refractivity (Wildman–Crippen MR) is 85.0 cm³/mol. The van der Waals surface area contributed by atoms with Gasteiger partial charge in [-0.15, -0.1) is 0 Å². The molecule has 1 aliphatic heterocycles. The highest BCUT2D eigenvalue weighted by atomic mass is 16.5. The van der Waals surface area contributed by atoms with Gasteiger partial charge in [-0.3, -0.25) is 4.99 Å². The summed E-state index contributed by atoms with van der Waals surface area (Å²) >= 11 is 0. The van der Waals surface area contributed by atoms with Crippen molar-refractivity contribution in [3.63, 3.8) is 0 Å². The van der Waals surface area contributed by atoms with Crippen LogP contribution in [0, 0.1) is 0 Å². The van der Waals surface area contributed by atoms with Crippen molar-refractivity contribution in [3.8, 4) is 0 Å². The van der Waals surface area contributed by atoms with E-state index in [2.05, 4.69) is 20.4 Å². The van der Waals surface area contributed by atoms with E-state index in [0.29, 0.717) is 30.4 Å². The highest BCUT2D eigenvalue weighted by molar-refractivity contribution is 5.78. The molecule has 0 unspecified atom stereocenters. The molecule has 2 aliphatic carbocycles. The van der Waals surface area contributed by atoms with Crippen LogP contribution >= 0.6 is 0 Å². The van der Waals surface area contributed by atoms with E-state index in [1.165, 1.54) is 38.5 Å². The zero-order chi connectivity index (χ0) is 15.6. The van der Waals surface area contributed by atoms with Crippen LogP contribution in [0.3, 0.4) is 0 Å². The molecule has 2 heterocycles. The number of hydrogen-bond donors (Lipinski definition) is 2. The van der Waals surface area contributed by atoms with Crippen LogP contribution < -0.4 is 11.1 Å². The van der Waals surface area contributed by atoms with Crippen molar-refractivity contribution in [2.75, 3.05) is 6.54 Å². The summed E-state index contributed by atoms with van der Waals surface area (Å²) < 4.78 is 11.3. The van der Waals surface area contributed by atoms with Crippen molar-refractivity contribution >= 4 is 5.96 Å². The van der Waals surface area contributed by atoms with Crippen molar-refractivity contribution in [3.05, 3.63) is 11.7 Å². The number of aliphatic imine (C=N–C) groups is 1. The lowest BCUT2D eigenvalue weighted by Crippen LogP contribution is -2.39. The first-order chi connectivity index (χ1) is 11.3. The van der Waals surface area contributed by atoms with Crippen LogP contribution in [0.15, 0.2) is 9.52 Å². The van der Waals surface area contributed by atoms with E-state index in [1.54, 1.807) is 0 Å². The van der Waals surface area contributed by atoms with Crippen LogP contribution in [0.4, 0.5) is 0 Å². The fourth-order valence-electron chi connectivity index (χ4n) is 3.43. The molecule has 0 amide bonds. The minimum Gasteiger partial charge on any atom is -0.370 e. The molecule has 1 saturated heterocycles. The van der Waals surface area contributed by atoms with Gasteiger partial charge in [-0.2, -0.15) is 4.98 Å². The number of nitrogens with zero attached hydrogens (tertiary/aromatic N) is 3. The molecule has 0 spiro atoms. The van der Waals surface area contributed by atoms with E-state index >= 15 is 0 Å². The lowest BCUT2D eigenvalue weighted by Gasteiger charge is -2.13. The van der Waals surface area contributed by atoms with Gasteiger partial charge in [0.05, 0.1) is 12.6 Å². The number of hydrogen-bond acceptors (Lipinski definition) is 5. The largest absolute Gasteiger partial charge is 0.370 e. The standard InChI is InChI=1S/C16H25N5O2/c17-16(19-11-3-1-2-4-11)18-9-12-7-8-13(22-12)15-20-14(21-23-15)10-5-6-10/h10-13H,1-9H2,(H3,17,18,19)/t12-,13+/m1/s1. The minimum absolute atomic E-state index is 0.0835. The van der Waals surface area contributed by atoms with Gasteiger partial charge in [0.25, 0.3) is 5.89 Å². The van der Waals surface area contributed by atoms with E-state index in [0.717, 1.165) is 18.7 Å². The zero-order valence-electron chi connectivity index (χ0n) is 13.4. The van der Waals surface area contributed by atoms with Crippen LogP contribution in [0.1, 0.15) is 75.1 Å². The Morgan fingerprint density at radius 2 is 2.00 bits per heavy atom. The Labute approximate surface area is 136 Å². The molecule has 23 heavy (non-hydrogen) atoms. The Balaban J connectivity index is 1.26. The molecular formula is C16H25N5O2. The van der Waals surface area contributed by atoms with Gasteiger partial charge in [-0.25, -0.2) is 0 Å². The maximum atomic E-state index is 5.99. The summed E-state index contributed by atoms with van der Waals surface area (Å²) in [6.07, 6.45) is 9.16. The summed E-state index contributed by atoms with van der Waals surface area (Å²) in [5, 5.41) is 7.36. The first-order valence-electron chi connectivity index (χ1n) is 8.83. The van der Waals surface area contributed by atoms with Gasteiger partial charge in [-0.1, -0.05) is 18.0 Å². The SMILES string of the molecule is NC(=NC[C@H]1CC[C@@H](c2nc(C3CC3)no2)O1)NC1CCCC1. The van der Waals surface area contributed by atoms with E-state index < -0.39 is 0 Å². The second-order valence-electron chi connectivity index (χ2n) is 6.94. The monoisotopic (exact) mass is 319 g/mol. The van der Waals surface area contributed by atoms with Crippen LogP contribution in [-0.4, -0.2) is 34.8 Å². The van der Waals surface area contributed by atoms with Gasteiger partial charge in [0.15, 0.2) is 11.8 Å². The second kappa shape index (κ2) is 6.47. The highest BCUT2D eigenvalue weighted by Gasteiger charge is 2.34. The molecule has 3 aliphatic rings. The average molecular weight is 319 g/mol. The lowest BCUT2D eigenvalue weighted by atomic mass is 10.2. The van der Waals surface area contributed by atoms with Gasteiger partial charge in [0.2, 0.25) is 0 Å². The summed E-state index contributed by atoms with van der Waals surface area (Å²) in [6, 6.07) is 0.496. The molecule has 0 bridgehead atoms. The van der Waals surface area contributed by atoms with Crippen LogP contribution in [0.2, 0.25) is 0 Å². The highest BCUT2D eigenvalue weighted by Crippen LogP contribution is 2.39.